The summed E-state index contributed by atoms with van der Waals surface area (Å²) in [5.74, 6) is 1.86. The largest absolute Gasteiger partial charge is 0.475 e. The third kappa shape index (κ3) is 5.35. The molecule has 1 fully saturated rings. The van der Waals surface area contributed by atoms with Crippen molar-refractivity contribution in [2.75, 3.05) is 13.1 Å². The second-order valence-corrected chi connectivity index (χ2v) is 9.23. The maximum Gasteiger partial charge on any atom is 0.213 e. The molecule has 0 aliphatic carbocycles. The second-order valence-electron chi connectivity index (χ2n) is 9.23. The summed E-state index contributed by atoms with van der Waals surface area (Å²) >= 11 is 0. The fraction of sp³-hybridized carbons (Fsp3) is 0.560. The van der Waals surface area contributed by atoms with Gasteiger partial charge in [0, 0.05) is 30.8 Å². The molecule has 0 bridgehead atoms. The molecule has 0 spiro atoms. The van der Waals surface area contributed by atoms with Gasteiger partial charge in [-0.25, -0.2) is 4.98 Å². The molecule has 3 heteroatoms. The van der Waals surface area contributed by atoms with Crippen LogP contribution in [0.15, 0.2) is 48.7 Å². The number of ether oxygens (including phenoxy) is 1. The van der Waals surface area contributed by atoms with Crippen LogP contribution in [-0.2, 0) is 0 Å². The minimum Gasteiger partial charge on any atom is -0.475 e. The molecule has 3 nitrogen and oxygen atoms in total. The van der Waals surface area contributed by atoms with Gasteiger partial charge in [-0.3, -0.25) is 4.90 Å². The van der Waals surface area contributed by atoms with E-state index in [0.717, 1.165) is 18.8 Å². The quantitative estimate of drug-likeness (QED) is 0.587. The lowest BCUT2D eigenvalue weighted by atomic mass is 9.86. The fourth-order valence-electron chi connectivity index (χ4n) is 4.41. The molecular weight excluding hydrogens is 344 g/mol. The van der Waals surface area contributed by atoms with E-state index in [-0.39, 0.29) is 11.6 Å². The molecule has 1 saturated heterocycles. The van der Waals surface area contributed by atoms with Gasteiger partial charge in [-0.1, -0.05) is 50.2 Å². The third-order valence-electron chi connectivity index (χ3n) is 6.08. The Morgan fingerprint density at radius 1 is 1.11 bits per heavy atom. The van der Waals surface area contributed by atoms with Crippen molar-refractivity contribution in [3.8, 4) is 5.88 Å². The Morgan fingerprint density at radius 2 is 1.86 bits per heavy atom. The molecule has 3 rings (SSSR count). The van der Waals surface area contributed by atoms with Crippen molar-refractivity contribution >= 4 is 0 Å². The minimum absolute atomic E-state index is 0.102. The molecule has 1 aliphatic rings. The van der Waals surface area contributed by atoms with E-state index in [4.69, 9.17) is 4.74 Å². The Kier molecular flexibility index (Phi) is 6.77. The SMILES string of the molecule is CC(CC(C)(C)N1CCC[C@H](c2ccccc2)C1)Oc1ccc(C(C)C)cn1. The number of rotatable bonds is 7. The minimum atomic E-state index is 0.102. The monoisotopic (exact) mass is 380 g/mol. The maximum atomic E-state index is 6.15. The standard InChI is InChI=1S/C25H36N2O/c1-19(2)22-13-14-24(26-17-22)28-20(3)16-25(4,5)27-15-9-12-23(18-27)21-10-7-6-8-11-21/h6-8,10-11,13-14,17,19-20,23H,9,12,15-16,18H2,1-5H3/t20?,23-/m0/s1. The summed E-state index contributed by atoms with van der Waals surface area (Å²) in [6.07, 6.45) is 5.60. The smallest absolute Gasteiger partial charge is 0.213 e. The van der Waals surface area contributed by atoms with Crippen molar-refractivity contribution in [1.82, 2.24) is 9.88 Å². The number of nitrogens with zero attached hydrogens (tertiary/aromatic N) is 2. The zero-order valence-corrected chi connectivity index (χ0v) is 18.2. The first-order chi connectivity index (χ1) is 13.3. The summed E-state index contributed by atoms with van der Waals surface area (Å²) in [5, 5.41) is 0. The van der Waals surface area contributed by atoms with Gasteiger partial charge in [-0.15, -0.1) is 0 Å². The Bertz CT molecular complexity index is 724. The van der Waals surface area contributed by atoms with Crippen molar-refractivity contribution in [1.29, 1.82) is 0 Å². The lowest BCUT2D eigenvalue weighted by molar-refractivity contribution is 0.0451. The molecule has 2 aromatic rings. The summed E-state index contributed by atoms with van der Waals surface area (Å²) in [4.78, 5) is 7.15. The zero-order valence-electron chi connectivity index (χ0n) is 18.2. The van der Waals surface area contributed by atoms with Crippen LogP contribution in [0.5, 0.6) is 5.88 Å². The van der Waals surface area contributed by atoms with Gasteiger partial charge in [0.1, 0.15) is 0 Å². The highest BCUT2D eigenvalue weighted by molar-refractivity contribution is 5.21. The summed E-state index contributed by atoms with van der Waals surface area (Å²) in [6.45, 7) is 13.5. The summed E-state index contributed by atoms with van der Waals surface area (Å²) in [5.41, 5.74) is 2.83. The molecule has 28 heavy (non-hydrogen) atoms. The van der Waals surface area contributed by atoms with Crippen molar-refractivity contribution < 1.29 is 4.74 Å². The van der Waals surface area contributed by atoms with Crippen LogP contribution in [0.25, 0.3) is 0 Å². The number of benzene rings is 1. The number of piperidine rings is 1. The lowest BCUT2D eigenvalue weighted by Crippen LogP contribution is -2.50. The molecule has 0 radical (unpaired) electrons. The predicted molar refractivity (Wildman–Crippen MR) is 117 cm³/mol. The van der Waals surface area contributed by atoms with E-state index in [0.29, 0.717) is 11.8 Å². The highest BCUT2D eigenvalue weighted by Crippen LogP contribution is 2.33. The molecular formula is C25H36N2O. The first kappa shape index (κ1) is 20.9. The van der Waals surface area contributed by atoms with Crippen LogP contribution >= 0.6 is 0 Å². The van der Waals surface area contributed by atoms with Gasteiger partial charge in [0.25, 0.3) is 0 Å². The average molecular weight is 381 g/mol. The van der Waals surface area contributed by atoms with Crippen LogP contribution in [0, 0.1) is 0 Å². The predicted octanol–water partition coefficient (Wildman–Crippen LogP) is 6.02. The molecule has 0 saturated carbocycles. The van der Waals surface area contributed by atoms with Gasteiger partial charge >= 0.3 is 0 Å². The Balaban J connectivity index is 1.58. The van der Waals surface area contributed by atoms with E-state index in [1.54, 1.807) is 0 Å². The third-order valence-corrected chi connectivity index (χ3v) is 6.08. The molecule has 2 atom stereocenters. The van der Waals surface area contributed by atoms with Gasteiger partial charge in [0.2, 0.25) is 5.88 Å². The highest BCUT2D eigenvalue weighted by atomic mass is 16.5. The van der Waals surface area contributed by atoms with Crippen LogP contribution in [0.4, 0.5) is 0 Å². The first-order valence-electron chi connectivity index (χ1n) is 10.8. The Hall–Kier alpha value is -1.87. The van der Waals surface area contributed by atoms with E-state index in [2.05, 4.69) is 80.9 Å². The molecule has 2 heterocycles. The molecule has 152 valence electrons. The van der Waals surface area contributed by atoms with Gasteiger partial charge < -0.3 is 4.74 Å². The van der Waals surface area contributed by atoms with E-state index in [1.807, 2.05) is 12.3 Å². The first-order valence-corrected chi connectivity index (χ1v) is 10.8. The molecule has 1 aromatic carbocycles. The number of likely N-dealkylation sites (tertiary alicyclic amines) is 1. The zero-order chi connectivity index (χ0) is 20.1. The number of aromatic nitrogens is 1. The fourth-order valence-corrected chi connectivity index (χ4v) is 4.41. The number of hydrogen-bond donors (Lipinski definition) is 0. The number of hydrogen-bond acceptors (Lipinski definition) is 3. The summed E-state index contributed by atoms with van der Waals surface area (Å²) in [6, 6.07) is 15.1. The Labute approximate surface area is 171 Å². The second kappa shape index (κ2) is 9.09. The topological polar surface area (TPSA) is 25.4 Å². The molecule has 1 aromatic heterocycles. The van der Waals surface area contributed by atoms with Crippen LogP contribution in [-0.4, -0.2) is 34.6 Å². The Morgan fingerprint density at radius 3 is 2.50 bits per heavy atom. The van der Waals surface area contributed by atoms with Gasteiger partial charge in [0.15, 0.2) is 0 Å². The number of pyridine rings is 1. The molecule has 0 amide bonds. The van der Waals surface area contributed by atoms with Crippen LogP contribution in [0.2, 0.25) is 0 Å². The van der Waals surface area contributed by atoms with Crippen LogP contribution in [0.1, 0.15) is 76.8 Å². The average Bonchev–Trinajstić information content (AvgIpc) is 2.69. The van der Waals surface area contributed by atoms with E-state index in [9.17, 15) is 0 Å². The summed E-state index contributed by atoms with van der Waals surface area (Å²) in [7, 11) is 0. The highest BCUT2D eigenvalue weighted by Gasteiger charge is 2.33. The molecule has 0 N–H and O–H groups in total. The van der Waals surface area contributed by atoms with Gasteiger partial charge in [-0.2, -0.15) is 0 Å². The van der Waals surface area contributed by atoms with Gasteiger partial charge in [-0.05, 0) is 63.1 Å². The summed E-state index contributed by atoms with van der Waals surface area (Å²) < 4.78 is 6.15. The normalized spacial score (nSPS) is 19.6. The van der Waals surface area contributed by atoms with Crippen molar-refractivity contribution in [2.45, 2.75) is 77.4 Å². The van der Waals surface area contributed by atoms with Crippen molar-refractivity contribution in [3.63, 3.8) is 0 Å². The van der Waals surface area contributed by atoms with Gasteiger partial charge in [0.05, 0.1) is 6.10 Å². The van der Waals surface area contributed by atoms with E-state index >= 15 is 0 Å². The lowest BCUT2D eigenvalue weighted by Gasteiger charge is -2.44. The van der Waals surface area contributed by atoms with Crippen LogP contribution in [0.3, 0.4) is 0 Å². The van der Waals surface area contributed by atoms with E-state index < -0.39 is 0 Å². The van der Waals surface area contributed by atoms with Crippen molar-refractivity contribution in [3.05, 3.63) is 59.8 Å². The molecule has 1 aliphatic heterocycles. The maximum absolute atomic E-state index is 6.15. The molecule has 1 unspecified atom stereocenters. The van der Waals surface area contributed by atoms with Crippen LogP contribution < -0.4 is 4.74 Å². The van der Waals surface area contributed by atoms with Crippen molar-refractivity contribution in [2.24, 2.45) is 0 Å². The van der Waals surface area contributed by atoms with E-state index in [1.165, 1.54) is 30.5 Å².